The summed E-state index contributed by atoms with van der Waals surface area (Å²) in [6, 6.07) is 15.0. The number of rotatable bonds is 5. The maximum absolute atomic E-state index is 9.36. The summed E-state index contributed by atoms with van der Waals surface area (Å²) in [7, 11) is 0. The van der Waals surface area contributed by atoms with Gasteiger partial charge in [-0.15, -0.1) is 0 Å². The van der Waals surface area contributed by atoms with Gasteiger partial charge in [0.1, 0.15) is 5.75 Å². The van der Waals surface area contributed by atoms with Crippen molar-refractivity contribution >= 4 is 17.5 Å². The molecule has 0 bridgehead atoms. The molecule has 0 saturated carbocycles. The van der Waals surface area contributed by atoms with E-state index in [0.29, 0.717) is 17.8 Å². The average molecular weight is 282 g/mol. The van der Waals surface area contributed by atoms with Gasteiger partial charge in [0, 0.05) is 0 Å². The minimum Gasteiger partial charge on any atom is -0.506 e. The number of benzene rings is 2. The van der Waals surface area contributed by atoms with Crippen molar-refractivity contribution in [3.63, 3.8) is 0 Å². The van der Waals surface area contributed by atoms with Crippen LogP contribution in [0.5, 0.6) is 5.75 Å². The zero-order valence-electron chi connectivity index (χ0n) is 11.6. The van der Waals surface area contributed by atoms with Gasteiger partial charge in [-0.2, -0.15) is 0 Å². The fourth-order valence-corrected chi connectivity index (χ4v) is 1.95. The largest absolute Gasteiger partial charge is 0.506 e. The van der Waals surface area contributed by atoms with Gasteiger partial charge in [0.15, 0.2) is 0 Å². The van der Waals surface area contributed by atoms with Crippen molar-refractivity contribution < 1.29 is 10.3 Å². The van der Waals surface area contributed by atoms with Gasteiger partial charge < -0.3 is 16.0 Å². The number of nitrogens with two attached hydrogens (primary N) is 1. The Bertz CT molecular complexity index is 649. The molecular formula is C17H18N2O2. The highest BCUT2D eigenvalue weighted by Gasteiger charge is 1.99. The summed E-state index contributed by atoms with van der Waals surface area (Å²) in [4.78, 5) is 0. The first kappa shape index (κ1) is 14.7. The summed E-state index contributed by atoms with van der Waals surface area (Å²) in [5.41, 5.74) is 8.58. The van der Waals surface area contributed by atoms with Gasteiger partial charge in [0.2, 0.25) is 0 Å². The van der Waals surface area contributed by atoms with Gasteiger partial charge in [0.05, 0.1) is 11.4 Å². The number of hydrogen-bond donors (Lipinski definition) is 3. The topological polar surface area (TPSA) is 78.8 Å². The predicted octanol–water partition coefficient (Wildman–Crippen LogP) is 3.45. The second-order valence-corrected chi connectivity index (χ2v) is 4.73. The second kappa shape index (κ2) is 7.14. The minimum absolute atomic E-state index is 0.0623. The number of nitrogens with zero attached hydrogens (tertiary/aromatic N) is 1. The second-order valence-electron chi connectivity index (χ2n) is 4.73. The molecule has 0 aromatic heterocycles. The average Bonchev–Trinajstić information content (AvgIpc) is 2.52. The molecule has 108 valence electrons. The number of hydrogen-bond acceptors (Lipinski definition) is 4. The molecule has 0 amide bonds. The fourth-order valence-electron chi connectivity index (χ4n) is 1.95. The molecule has 0 radical (unpaired) electrons. The highest BCUT2D eigenvalue weighted by Crippen LogP contribution is 2.21. The van der Waals surface area contributed by atoms with Crippen LogP contribution in [0.25, 0.3) is 6.08 Å². The summed E-state index contributed by atoms with van der Waals surface area (Å²) in [5, 5.41) is 21.7. The van der Waals surface area contributed by atoms with E-state index in [9.17, 15) is 5.11 Å². The Hall–Kier alpha value is -2.75. The molecule has 0 aliphatic heterocycles. The van der Waals surface area contributed by atoms with E-state index in [1.807, 2.05) is 30.3 Å². The molecule has 2 aromatic rings. The van der Waals surface area contributed by atoms with Gasteiger partial charge in [-0.25, -0.2) is 0 Å². The Balaban J connectivity index is 1.98. The van der Waals surface area contributed by atoms with E-state index < -0.39 is 0 Å². The van der Waals surface area contributed by atoms with Gasteiger partial charge in [-0.3, -0.25) is 0 Å². The monoisotopic (exact) mass is 282 g/mol. The third-order valence-corrected chi connectivity index (χ3v) is 3.16. The SMILES string of the molecule is Nc1cc(/C=C/C(CCc2ccccc2)=NO)ccc1O. The number of oxime groups is 1. The number of nitrogen functional groups attached to an aromatic ring is 1. The zero-order chi connectivity index (χ0) is 15.1. The standard InChI is InChI=1S/C17H18N2O2/c18-16-12-14(8-11-17(16)20)7-10-15(19-21)9-6-13-4-2-1-3-5-13/h1-5,7-8,10-12,20-21H,6,9,18H2/b10-7+,19-15?. The van der Waals surface area contributed by atoms with E-state index in [4.69, 9.17) is 10.9 Å². The van der Waals surface area contributed by atoms with Gasteiger partial charge >= 0.3 is 0 Å². The summed E-state index contributed by atoms with van der Waals surface area (Å²) in [5.74, 6) is 0.0623. The number of aryl methyl sites for hydroxylation is 1. The molecule has 4 heteroatoms. The lowest BCUT2D eigenvalue weighted by Gasteiger charge is -2.02. The molecule has 0 saturated heterocycles. The van der Waals surface area contributed by atoms with E-state index in [0.717, 1.165) is 12.0 Å². The van der Waals surface area contributed by atoms with Crippen molar-refractivity contribution in [1.82, 2.24) is 0 Å². The smallest absolute Gasteiger partial charge is 0.138 e. The third-order valence-electron chi connectivity index (χ3n) is 3.16. The van der Waals surface area contributed by atoms with Gasteiger partial charge in [-0.05, 0) is 42.2 Å². The molecular weight excluding hydrogens is 264 g/mol. The Morgan fingerprint density at radius 3 is 2.57 bits per heavy atom. The van der Waals surface area contributed by atoms with Crippen molar-refractivity contribution in [2.24, 2.45) is 5.16 Å². The normalized spacial score (nSPS) is 11.9. The van der Waals surface area contributed by atoms with Gasteiger partial charge in [-0.1, -0.05) is 47.6 Å². The number of phenolic OH excluding ortho intramolecular Hbond substituents is 1. The first-order chi connectivity index (χ1) is 10.2. The molecule has 0 spiro atoms. The lowest BCUT2D eigenvalue weighted by Crippen LogP contribution is -1.97. The lowest BCUT2D eigenvalue weighted by atomic mass is 10.1. The zero-order valence-corrected chi connectivity index (χ0v) is 11.6. The van der Waals surface area contributed by atoms with Crippen molar-refractivity contribution in [3.8, 4) is 5.75 Å². The first-order valence-corrected chi connectivity index (χ1v) is 6.70. The number of allylic oxidation sites excluding steroid dienone is 1. The van der Waals surface area contributed by atoms with Crippen LogP contribution in [-0.4, -0.2) is 16.0 Å². The maximum atomic E-state index is 9.36. The van der Waals surface area contributed by atoms with Crippen molar-refractivity contribution in [3.05, 3.63) is 65.7 Å². The van der Waals surface area contributed by atoms with Crippen LogP contribution in [0, 0.1) is 0 Å². The first-order valence-electron chi connectivity index (χ1n) is 6.70. The van der Waals surface area contributed by atoms with Crippen molar-refractivity contribution in [2.45, 2.75) is 12.8 Å². The van der Waals surface area contributed by atoms with Crippen LogP contribution in [0.3, 0.4) is 0 Å². The molecule has 4 N–H and O–H groups in total. The van der Waals surface area contributed by atoms with E-state index in [2.05, 4.69) is 5.16 Å². The molecule has 0 aliphatic carbocycles. The molecule has 0 unspecified atom stereocenters. The summed E-state index contributed by atoms with van der Waals surface area (Å²) >= 11 is 0. The van der Waals surface area contributed by atoms with E-state index in [1.165, 1.54) is 11.6 Å². The molecule has 2 aromatic carbocycles. The van der Waals surface area contributed by atoms with Crippen LogP contribution in [0.1, 0.15) is 17.5 Å². The van der Waals surface area contributed by atoms with Crippen LogP contribution in [-0.2, 0) is 6.42 Å². The molecule has 4 nitrogen and oxygen atoms in total. The summed E-state index contributed by atoms with van der Waals surface area (Å²) in [6.07, 6.45) is 5.00. The van der Waals surface area contributed by atoms with Gasteiger partial charge in [0.25, 0.3) is 0 Å². The number of phenols is 1. The Morgan fingerprint density at radius 2 is 1.90 bits per heavy atom. The fraction of sp³-hybridized carbons (Fsp3) is 0.118. The van der Waals surface area contributed by atoms with E-state index in [1.54, 1.807) is 24.3 Å². The molecule has 0 atom stereocenters. The predicted molar refractivity (Wildman–Crippen MR) is 85.5 cm³/mol. The molecule has 21 heavy (non-hydrogen) atoms. The van der Waals surface area contributed by atoms with Crippen LogP contribution in [0.2, 0.25) is 0 Å². The highest BCUT2D eigenvalue weighted by molar-refractivity contribution is 5.98. The molecule has 0 fully saturated rings. The Morgan fingerprint density at radius 1 is 1.14 bits per heavy atom. The van der Waals surface area contributed by atoms with E-state index >= 15 is 0 Å². The van der Waals surface area contributed by atoms with Crippen LogP contribution < -0.4 is 5.73 Å². The quantitative estimate of drug-likeness (QED) is 0.258. The maximum Gasteiger partial charge on any atom is 0.138 e. The Labute approximate surface area is 123 Å². The Kier molecular flexibility index (Phi) is 4.99. The molecule has 0 aliphatic rings. The highest BCUT2D eigenvalue weighted by atomic mass is 16.4. The lowest BCUT2D eigenvalue weighted by molar-refractivity contribution is 0.318. The van der Waals surface area contributed by atoms with Crippen LogP contribution in [0.15, 0.2) is 59.8 Å². The minimum atomic E-state index is 0.0623. The van der Waals surface area contributed by atoms with E-state index in [-0.39, 0.29) is 5.75 Å². The number of aromatic hydroxyl groups is 1. The third kappa shape index (κ3) is 4.38. The summed E-state index contributed by atoms with van der Waals surface area (Å²) < 4.78 is 0. The molecule has 2 rings (SSSR count). The van der Waals surface area contributed by atoms with Crippen LogP contribution in [0.4, 0.5) is 5.69 Å². The number of anilines is 1. The van der Waals surface area contributed by atoms with Crippen LogP contribution >= 0.6 is 0 Å². The van der Waals surface area contributed by atoms with Crippen molar-refractivity contribution in [1.29, 1.82) is 0 Å². The summed E-state index contributed by atoms with van der Waals surface area (Å²) in [6.45, 7) is 0. The van der Waals surface area contributed by atoms with Crippen molar-refractivity contribution in [2.75, 3.05) is 5.73 Å². The molecule has 0 heterocycles.